The molecule has 0 aromatic heterocycles. The van der Waals surface area contributed by atoms with Crippen molar-refractivity contribution in [3.63, 3.8) is 0 Å². The SMILES string of the molecule is CS(=O)(=O)N(CCC(=O)N1CCCCC1)CCc1ccccc1. The van der Waals surface area contributed by atoms with Gasteiger partial charge in [0.2, 0.25) is 15.9 Å². The molecule has 0 atom stereocenters. The highest BCUT2D eigenvalue weighted by Gasteiger charge is 2.21. The topological polar surface area (TPSA) is 57.7 Å². The van der Waals surface area contributed by atoms with Crippen molar-refractivity contribution in [2.75, 3.05) is 32.4 Å². The molecule has 23 heavy (non-hydrogen) atoms. The molecule has 1 amide bonds. The third-order valence-corrected chi connectivity index (χ3v) is 5.55. The first-order valence-electron chi connectivity index (χ1n) is 8.23. The lowest BCUT2D eigenvalue weighted by molar-refractivity contribution is -0.132. The lowest BCUT2D eigenvalue weighted by Gasteiger charge is -2.28. The van der Waals surface area contributed by atoms with E-state index in [2.05, 4.69) is 0 Å². The highest BCUT2D eigenvalue weighted by molar-refractivity contribution is 7.88. The molecule has 0 spiro atoms. The minimum Gasteiger partial charge on any atom is -0.343 e. The molecule has 2 rings (SSSR count). The lowest BCUT2D eigenvalue weighted by Crippen LogP contribution is -2.39. The summed E-state index contributed by atoms with van der Waals surface area (Å²) < 4.78 is 25.3. The third-order valence-electron chi connectivity index (χ3n) is 4.25. The van der Waals surface area contributed by atoms with Crippen LogP contribution in [0.15, 0.2) is 30.3 Å². The van der Waals surface area contributed by atoms with E-state index in [0.717, 1.165) is 31.5 Å². The molecule has 128 valence electrons. The molecule has 1 aliphatic rings. The highest BCUT2D eigenvalue weighted by atomic mass is 32.2. The number of benzene rings is 1. The Hall–Kier alpha value is -1.40. The minimum absolute atomic E-state index is 0.0676. The number of hydrogen-bond acceptors (Lipinski definition) is 3. The summed E-state index contributed by atoms with van der Waals surface area (Å²) >= 11 is 0. The summed E-state index contributed by atoms with van der Waals surface area (Å²) in [5.41, 5.74) is 1.10. The van der Waals surface area contributed by atoms with Gasteiger partial charge in [-0.25, -0.2) is 12.7 Å². The van der Waals surface area contributed by atoms with Gasteiger partial charge in [-0.1, -0.05) is 30.3 Å². The van der Waals surface area contributed by atoms with Crippen molar-refractivity contribution < 1.29 is 13.2 Å². The summed E-state index contributed by atoms with van der Waals surface area (Å²) in [7, 11) is -3.30. The fraction of sp³-hybridized carbons (Fsp3) is 0.588. The van der Waals surface area contributed by atoms with E-state index in [1.165, 1.54) is 17.0 Å². The third kappa shape index (κ3) is 5.95. The summed E-state index contributed by atoms with van der Waals surface area (Å²) in [6.07, 6.45) is 5.42. The molecule has 1 saturated heterocycles. The molecular formula is C17H26N2O3S. The van der Waals surface area contributed by atoms with Gasteiger partial charge in [0.1, 0.15) is 0 Å². The Morgan fingerprint density at radius 3 is 2.35 bits per heavy atom. The monoisotopic (exact) mass is 338 g/mol. The first-order valence-corrected chi connectivity index (χ1v) is 10.1. The number of sulfonamides is 1. The van der Waals surface area contributed by atoms with Crippen LogP contribution in [0.4, 0.5) is 0 Å². The van der Waals surface area contributed by atoms with E-state index in [0.29, 0.717) is 13.0 Å². The van der Waals surface area contributed by atoms with Crippen molar-refractivity contribution in [3.05, 3.63) is 35.9 Å². The minimum atomic E-state index is -3.30. The molecule has 5 nitrogen and oxygen atoms in total. The van der Waals surface area contributed by atoms with Crippen LogP contribution in [0.25, 0.3) is 0 Å². The summed E-state index contributed by atoms with van der Waals surface area (Å²) in [6, 6.07) is 9.80. The molecule has 0 aliphatic carbocycles. The van der Waals surface area contributed by atoms with Crippen molar-refractivity contribution >= 4 is 15.9 Å². The number of piperidine rings is 1. The van der Waals surface area contributed by atoms with Crippen LogP contribution >= 0.6 is 0 Å². The maximum Gasteiger partial charge on any atom is 0.223 e. The van der Waals surface area contributed by atoms with Gasteiger partial charge in [-0.3, -0.25) is 4.79 Å². The van der Waals surface area contributed by atoms with Crippen LogP contribution in [-0.2, 0) is 21.2 Å². The Morgan fingerprint density at radius 1 is 1.09 bits per heavy atom. The molecule has 0 N–H and O–H groups in total. The predicted octanol–water partition coefficient (Wildman–Crippen LogP) is 1.89. The summed E-state index contributed by atoms with van der Waals surface area (Å²) in [5, 5.41) is 0. The van der Waals surface area contributed by atoms with Gasteiger partial charge in [-0.15, -0.1) is 0 Å². The number of rotatable bonds is 7. The van der Waals surface area contributed by atoms with Crippen molar-refractivity contribution in [2.45, 2.75) is 32.1 Å². The first kappa shape index (κ1) is 17.9. The van der Waals surface area contributed by atoms with Crippen molar-refractivity contribution in [1.82, 2.24) is 9.21 Å². The summed E-state index contributed by atoms with van der Waals surface area (Å²) in [5.74, 6) is 0.0676. The molecular weight excluding hydrogens is 312 g/mol. The van der Waals surface area contributed by atoms with E-state index in [9.17, 15) is 13.2 Å². The zero-order chi connectivity index (χ0) is 16.7. The fourth-order valence-electron chi connectivity index (χ4n) is 2.86. The Morgan fingerprint density at radius 2 is 1.74 bits per heavy atom. The molecule has 0 radical (unpaired) electrons. The highest BCUT2D eigenvalue weighted by Crippen LogP contribution is 2.11. The number of carbonyl (C=O) groups excluding carboxylic acids is 1. The van der Waals surface area contributed by atoms with Gasteiger partial charge in [0.15, 0.2) is 0 Å². The van der Waals surface area contributed by atoms with E-state index in [1.54, 1.807) is 0 Å². The Bertz CT molecular complexity index is 596. The summed E-state index contributed by atoms with van der Waals surface area (Å²) in [4.78, 5) is 14.1. The van der Waals surface area contributed by atoms with Gasteiger partial charge in [-0.2, -0.15) is 0 Å². The molecule has 1 aliphatic heterocycles. The number of likely N-dealkylation sites (tertiary alicyclic amines) is 1. The van der Waals surface area contributed by atoms with Crippen LogP contribution < -0.4 is 0 Å². The second kappa shape index (κ2) is 8.45. The van der Waals surface area contributed by atoms with Crippen molar-refractivity contribution in [3.8, 4) is 0 Å². The van der Waals surface area contributed by atoms with Crippen molar-refractivity contribution in [2.24, 2.45) is 0 Å². The molecule has 1 aromatic rings. The smallest absolute Gasteiger partial charge is 0.223 e. The normalized spacial score (nSPS) is 15.8. The first-order chi connectivity index (χ1) is 11.0. The second-order valence-corrected chi connectivity index (χ2v) is 8.07. The largest absolute Gasteiger partial charge is 0.343 e. The molecule has 0 unspecified atom stereocenters. The van der Waals surface area contributed by atoms with E-state index in [-0.39, 0.29) is 18.9 Å². The van der Waals surface area contributed by atoms with Gasteiger partial charge in [0.25, 0.3) is 0 Å². The zero-order valence-corrected chi connectivity index (χ0v) is 14.6. The van der Waals surface area contributed by atoms with Crippen molar-refractivity contribution in [1.29, 1.82) is 0 Å². The van der Waals surface area contributed by atoms with Crippen LogP contribution in [0.1, 0.15) is 31.2 Å². The number of hydrogen-bond donors (Lipinski definition) is 0. The van der Waals surface area contributed by atoms with E-state index < -0.39 is 10.0 Å². The molecule has 0 saturated carbocycles. The van der Waals surface area contributed by atoms with E-state index in [1.807, 2.05) is 35.2 Å². The van der Waals surface area contributed by atoms with Crippen LogP contribution in [0.3, 0.4) is 0 Å². The maximum atomic E-state index is 12.2. The maximum absolute atomic E-state index is 12.2. The Kier molecular flexibility index (Phi) is 6.59. The fourth-order valence-corrected chi connectivity index (χ4v) is 3.71. The quantitative estimate of drug-likeness (QED) is 0.763. The average molecular weight is 338 g/mol. The van der Waals surface area contributed by atoms with E-state index in [4.69, 9.17) is 0 Å². The van der Waals surface area contributed by atoms with Gasteiger partial charge in [0, 0.05) is 32.6 Å². The number of amides is 1. The molecule has 1 heterocycles. The number of carbonyl (C=O) groups is 1. The van der Waals surface area contributed by atoms with Gasteiger partial charge < -0.3 is 4.90 Å². The predicted molar refractivity (Wildman–Crippen MR) is 91.6 cm³/mol. The Balaban J connectivity index is 1.87. The molecule has 6 heteroatoms. The standard InChI is InChI=1S/C17H26N2O3S/c1-23(21,22)19(14-10-16-8-4-2-5-9-16)15-11-17(20)18-12-6-3-7-13-18/h2,4-5,8-9H,3,6-7,10-15H2,1H3. The molecule has 1 fully saturated rings. The van der Waals surface area contributed by atoms with Crippen LogP contribution in [0.2, 0.25) is 0 Å². The van der Waals surface area contributed by atoms with Crippen LogP contribution in [0.5, 0.6) is 0 Å². The molecule has 1 aromatic carbocycles. The second-order valence-electron chi connectivity index (χ2n) is 6.09. The molecule has 0 bridgehead atoms. The van der Waals surface area contributed by atoms with Crippen LogP contribution in [-0.4, -0.2) is 56.0 Å². The average Bonchev–Trinajstić information content (AvgIpc) is 2.55. The lowest BCUT2D eigenvalue weighted by atomic mass is 10.1. The van der Waals surface area contributed by atoms with Crippen LogP contribution in [0, 0.1) is 0 Å². The van der Waals surface area contributed by atoms with E-state index >= 15 is 0 Å². The van der Waals surface area contributed by atoms with Gasteiger partial charge in [0.05, 0.1) is 6.26 Å². The van der Waals surface area contributed by atoms with Gasteiger partial charge >= 0.3 is 0 Å². The Labute approximate surface area is 139 Å². The summed E-state index contributed by atoms with van der Waals surface area (Å²) in [6.45, 7) is 2.29. The number of nitrogens with zero attached hydrogens (tertiary/aromatic N) is 2. The zero-order valence-electron chi connectivity index (χ0n) is 13.8. The van der Waals surface area contributed by atoms with Gasteiger partial charge in [-0.05, 0) is 31.2 Å².